The van der Waals surface area contributed by atoms with E-state index in [4.69, 9.17) is 0 Å². The second kappa shape index (κ2) is 3.70. The number of carbonyl (C=O) groups is 1. The van der Waals surface area contributed by atoms with Gasteiger partial charge in [0, 0.05) is 5.56 Å². The summed E-state index contributed by atoms with van der Waals surface area (Å²) < 4.78 is 0. The number of carbonyl (C=O) groups excluding carboxylic acids is 1. The van der Waals surface area contributed by atoms with Crippen molar-refractivity contribution in [2.45, 2.75) is 6.92 Å². The normalized spacial score (nSPS) is 10.2. The predicted octanol–water partition coefficient (Wildman–Crippen LogP) is 3.69. The maximum absolute atomic E-state index is 11.6. The lowest BCUT2D eigenvalue weighted by Crippen LogP contribution is -1.97. The van der Waals surface area contributed by atoms with Crippen LogP contribution >= 0.6 is 0 Å². The zero-order valence-electron chi connectivity index (χ0n) is 8.66. The molecule has 0 spiro atoms. The van der Waals surface area contributed by atoms with Crippen LogP contribution in [0.2, 0.25) is 0 Å². The lowest BCUT2D eigenvalue weighted by molar-refractivity contribution is 0.101. The molecule has 0 radical (unpaired) electrons. The third kappa shape index (κ3) is 1.57. The van der Waals surface area contributed by atoms with Gasteiger partial charge in [-0.05, 0) is 23.3 Å². The van der Waals surface area contributed by atoms with Gasteiger partial charge in [0.1, 0.15) is 0 Å². The van der Waals surface area contributed by atoms with Crippen molar-refractivity contribution in [1.29, 1.82) is 0 Å². The molecular formula is C14H12O. The third-order valence-corrected chi connectivity index (χ3v) is 2.53. The van der Waals surface area contributed by atoms with Gasteiger partial charge in [-0.1, -0.05) is 49.1 Å². The minimum Gasteiger partial charge on any atom is -0.294 e. The Labute approximate surface area is 89.0 Å². The average molecular weight is 196 g/mol. The molecule has 0 amide bonds. The zero-order valence-corrected chi connectivity index (χ0v) is 8.66. The monoisotopic (exact) mass is 196 g/mol. The Morgan fingerprint density at radius 2 is 1.93 bits per heavy atom. The highest BCUT2D eigenvalue weighted by Crippen LogP contribution is 2.23. The first-order valence-corrected chi connectivity index (χ1v) is 4.89. The SMILES string of the molecule is C=Cc1ccc2ccccc2c1C(C)=O. The van der Waals surface area contributed by atoms with Gasteiger partial charge in [-0.3, -0.25) is 4.79 Å². The molecule has 15 heavy (non-hydrogen) atoms. The fourth-order valence-corrected chi connectivity index (χ4v) is 1.85. The number of hydrogen-bond donors (Lipinski definition) is 0. The molecular weight excluding hydrogens is 184 g/mol. The largest absolute Gasteiger partial charge is 0.294 e. The molecule has 0 saturated carbocycles. The Hall–Kier alpha value is -1.89. The summed E-state index contributed by atoms with van der Waals surface area (Å²) >= 11 is 0. The summed E-state index contributed by atoms with van der Waals surface area (Å²) in [5.41, 5.74) is 1.67. The molecule has 2 rings (SSSR count). The summed E-state index contributed by atoms with van der Waals surface area (Å²) in [5, 5.41) is 2.09. The Kier molecular flexibility index (Phi) is 2.38. The van der Waals surface area contributed by atoms with E-state index >= 15 is 0 Å². The smallest absolute Gasteiger partial charge is 0.161 e. The Morgan fingerprint density at radius 3 is 2.60 bits per heavy atom. The molecule has 0 aliphatic heterocycles. The Morgan fingerprint density at radius 1 is 1.20 bits per heavy atom. The van der Waals surface area contributed by atoms with Gasteiger partial charge in [0.05, 0.1) is 0 Å². The Bertz CT molecular complexity index is 538. The van der Waals surface area contributed by atoms with Crippen LogP contribution < -0.4 is 0 Å². The van der Waals surface area contributed by atoms with E-state index < -0.39 is 0 Å². The highest BCUT2D eigenvalue weighted by atomic mass is 16.1. The minimum atomic E-state index is 0.0849. The van der Waals surface area contributed by atoms with Gasteiger partial charge in [0.2, 0.25) is 0 Å². The van der Waals surface area contributed by atoms with Crippen molar-refractivity contribution >= 4 is 22.6 Å². The van der Waals surface area contributed by atoms with Gasteiger partial charge < -0.3 is 0 Å². The molecule has 0 aliphatic rings. The lowest BCUT2D eigenvalue weighted by Gasteiger charge is -2.07. The molecule has 0 unspecified atom stereocenters. The van der Waals surface area contributed by atoms with Crippen LogP contribution in [0.3, 0.4) is 0 Å². The Balaban J connectivity index is 2.90. The summed E-state index contributed by atoms with van der Waals surface area (Å²) in [5.74, 6) is 0.0849. The minimum absolute atomic E-state index is 0.0849. The maximum Gasteiger partial charge on any atom is 0.161 e. The van der Waals surface area contributed by atoms with Gasteiger partial charge in [0.15, 0.2) is 5.78 Å². The van der Waals surface area contributed by atoms with E-state index in [9.17, 15) is 4.79 Å². The molecule has 0 heterocycles. The number of ketones is 1. The summed E-state index contributed by atoms with van der Waals surface area (Å²) in [6, 6.07) is 11.8. The first-order valence-electron chi connectivity index (χ1n) is 4.89. The van der Waals surface area contributed by atoms with Crippen molar-refractivity contribution in [1.82, 2.24) is 0 Å². The van der Waals surface area contributed by atoms with Gasteiger partial charge in [0.25, 0.3) is 0 Å². The van der Waals surface area contributed by atoms with Crippen LogP contribution in [0.1, 0.15) is 22.8 Å². The first-order chi connectivity index (χ1) is 7.24. The molecule has 2 aromatic rings. The molecule has 0 bridgehead atoms. The van der Waals surface area contributed by atoms with E-state index in [-0.39, 0.29) is 5.78 Å². The van der Waals surface area contributed by atoms with Crippen molar-refractivity contribution in [2.24, 2.45) is 0 Å². The summed E-state index contributed by atoms with van der Waals surface area (Å²) in [6.45, 7) is 5.32. The van der Waals surface area contributed by atoms with Crippen LogP contribution in [0.25, 0.3) is 16.8 Å². The van der Waals surface area contributed by atoms with Crippen molar-refractivity contribution < 1.29 is 4.79 Å². The number of fused-ring (bicyclic) bond motifs is 1. The van der Waals surface area contributed by atoms with E-state index in [0.29, 0.717) is 0 Å². The van der Waals surface area contributed by atoms with Gasteiger partial charge in [-0.25, -0.2) is 0 Å². The van der Waals surface area contributed by atoms with Crippen LogP contribution in [-0.4, -0.2) is 5.78 Å². The van der Waals surface area contributed by atoms with Crippen LogP contribution in [0.4, 0.5) is 0 Å². The molecule has 0 aromatic heterocycles. The highest BCUT2D eigenvalue weighted by Gasteiger charge is 2.08. The summed E-state index contributed by atoms with van der Waals surface area (Å²) in [4.78, 5) is 11.6. The lowest BCUT2D eigenvalue weighted by atomic mass is 9.96. The molecule has 0 aliphatic carbocycles. The third-order valence-electron chi connectivity index (χ3n) is 2.53. The van der Waals surface area contributed by atoms with E-state index in [1.165, 1.54) is 0 Å². The van der Waals surface area contributed by atoms with Crippen molar-refractivity contribution in [2.75, 3.05) is 0 Å². The van der Waals surface area contributed by atoms with Crippen LogP contribution in [0.15, 0.2) is 43.0 Å². The highest BCUT2D eigenvalue weighted by molar-refractivity contribution is 6.09. The second-order valence-corrected chi connectivity index (χ2v) is 3.51. The average Bonchev–Trinajstić information content (AvgIpc) is 2.27. The standard InChI is InChI=1S/C14H12O/c1-3-11-8-9-12-6-4-5-7-13(12)14(11)10(2)15/h3-9H,1H2,2H3. The van der Waals surface area contributed by atoms with Crippen molar-refractivity contribution in [3.8, 4) is 0 Å². The molecule has 0 saturated heterocycles. The first kappa shape index (κ1) is 9.66. The second-order valence-electron chi connectivity index (χ2n) is 3.51. The van der Waals surface area contributed by atoms with Crippen molar-refractivity contribution in [3.05, 3.63) is 54.1 Å². The fraction of sp³-hybridized carbons (Fsp3) is 0.0714. The molecule has 1 nitrogen and oxygen atoms in total. The van der Waals surface area contributed by atoms with Crippen LogP contribution in [0, 0.1) is 0 Å². The topological polar surface area (TPSA) is 17.1 Å². The van der Waals surface area contributed by atoms with Crippen LogP contribution in [0.5, 0.6) is 0 Å². The van der Waals surface area contributed by atoms with E-state index in [0.717, 1.165) is 21.9 Å². The number of hydrogen-bond acceptors (Lipinski definition) is 1. The van der Waals surface area contributed by atoms with Gasteiger partial charge in [-0.2, -0.15) is 0 Å². The number of benzene rings is 2. The fourth-order valence-electron chi connectivity index (χ4n) is 1.85. The molecule has 0 atom stereocenters. The summed E-state index contributed by atoms with van der Waals surface area (Å²) in [6.07, 6.45) is 1.73. The van der Waals surface area contributed by atoms with Crippen LogP contribution in [-0.2, 0) is 0 Å². The number of Topliss-reactive ketones (excluding diaryl/α,β-unsaturated/α-hetero) is 1. The quantitative estimate of drug-likeness (QED) is 0.669. The van der Waals surface area contributed by atoms with Gasteiger partial charge in [-0.15, -0.1) is 0 Å². The zero-order chi connectivity index (χ0) is 10.8. The number of rotatable bonds is 2. The van der Waals surface area contributed by atoms with Gasteiger partial charge >= 0.3 is 0 Å². The van der Waals surface area contributed by atoms with E-state index in [1.54, 1.807) is 13.0 Å². The molecule has 74 valence electrons. The maximum atomic E-state index is 11.6. The molecule has 0 N–H and O–H groups in total. The molecule has 2 aromatic carbocycles. The molecule has 1 heteroatoms. The predicted molar refractivity (Wildman–Crippen MR) is 64.0 cm³/mol. The summed E-state index contributed by atoms with van der Waals surface area (Å²) in [7, 11) is 0. The van der Waals surface area contributed by atoms with E-state index in [1.807, 2.05) is 36.4 Å². The van der Waals surface area contributed by atoms with Crippen molar-refractivity contribution in [3.63, 3.8) is 0 Å². The van der Waals surface area contributed by atoms with E-state index in [2.05, 4.69) is 6.58 Å². The molecule has 0 fully saturated rings.